The van der Waals surface area contributed by atoms with E-state index >= 15 is 0 Å². The summed E-state index contributed by atoms with van der Waals surface area (Å²) >= 11 is 0. The molecule has 0 aliphatic heterocycles. The van der Waals surface area contributed by atoms with Crippen LogP contribution in [0, 0.1) is 0 Å². The van der Waals surface area contributed by atoms with E-state index in [0.29, 0.717) is 0 Å². The second kappa shape index (κ2) is 5.53. The van der Waals surface area contributed by atoms with E-state index in [1.54, 1.807) is 20.8 Å². The molecular weight excluding hydrogens is 210 g/mol. The summed E-state index contributed by atoms with van der Waals surface area (Å²) in [6.07, 6.45) is 0.784. The molecule has 0 bridgehead atoms. The molecule has 0 spiro atoms. The Morgan fingerprint density at radius 2 is 2.00 bits per heavy atom. The van der Waals surface area contributed by atoms with Gasteiger partial charge in [0.05, 0.1) is 0 Å². The Labute approximate surface area is 95.7 Å². The summed E-state index contributed by atoms with van der Waals surface area (Å²) < 4.78 is 4.86. The number of aliphatic carboxylic acids is 1. The molecule has 0 aliphatic carbocycles. The maximum Gasteiger partial charge on any atom is 0.411 e. The molecule has 5 nitrogen and oxygen atoms in total. The zero-order chi connectivity index (χ0) is 12.9. The van der Waals surface area contributed by atoms with E-state index in [2.05, 4.69) is 6.58 Å². The van der Waals surface area contributed by atoms with E-state index < -0.39 is 23.6 Å². The number of ether oxygens (including phenoxy) is 1. The van der Waals surface area contributed by atoms with Crippen LogP contribution in [0.1, 0.15) is 27.7 Å². The highest BCUT2D eigenvalue weighted by Gasteiger charge is 2.35. The van der Waals surface area contributed by atoms with E-state index in [0.717, 1.165) is 0 Å². The molecule has 0 radical (unpaired) electrons. The number of amides is 1. The number of carboxylic acid groups (broad SMARTS) is 1. The average Bonchev–Trinajstić information content (AvgIpc) is 2.12. The van der Waals surface area contributed by atoms with Gasteiger partial charge in [0.15, 0.2) is 0 Å². The standard InChI is InChI=1S/C11H19NO4/c1-6-7-16-10(15)12(11(3,4)5)8(2)9(13)14/h6,8H,1,7H2,2-5H3,(H,13,14). The lowest BCUT2D eigenvalue weighted by Gasteiger charge is -2.37. The number of hydrogen-bond acceptors (Lipinski definition) is 3. The summed E-state index contributed by atoms with van der Waals surface area (Å²) in [6.45, 7) is 10.2. The monoisotopic (exact) mass is 229 g/mol. The highest BCUT2D eigenvalue weighted by Crippen LogP contribution is 2.18. The molecule has 1 atom stereocenters. The summed E-state index contributed by atoms with van der Waals surface area (Å²) in [4.78, 5) is 23.8. The maximum atomic E-state index is 11.7. The third-order valence-corrected chi connectivity index (χ3v) is 1.99. The topological polar surface area (TPSA) is 66.8 Å². The van der Waals surface area contributed by atoms with Crippen molar-refractivity contribution >= 4 is 12.1 Å². The van der Waals surface area contributed by atoms with Crippen molar-refractivity contribution in [2.24, 2.45) is 0 Å². The van der Waals surface area contributed by atoms with Gasteiger partial charge in [-0.25, -0.2) is 9.59 Å². The van der Waals surface area contributed by atoms with Gasteiger partial charge in [-0.05, 0) is 27.7 Å². The molecule has 1 N–H and O–H groups in total. The minimum absolute atomic E-state index is 0.0672. The summed E-state index contributed by atoms with van der Waals surface area (Å²) in [5.74, 6) is -1.06. The first-order valence-electron chi connectivity index (χ1n) is 5.01. The molecule has 92 valence electrons. The SMILES string of the molecule is C=CCOC(=O)N(C(C)C(=O)O)C(C)(C)C. The van der Waals surface area contributed by atoms with Crippen LogP contribution in [-0.2, 0) is 9.53 Å². The Kier molecular flexibility index (Phi) is 5.01. The minimum atomic E-state index is -1.06. The summed E-state index contributed by atoms with van der Waals surface area (Å²) in [5, 5.41) is 8.92. The zero-order valence-electron chi connectivity index (χ0n) is 10.2. The number of rotatable bonds is 4. The molecule has 0 heterocycles. The van der Waals surface area contributed by atoms with Crippen molar-refractivity contribution in [2.45, 2.75) is 39.3 Å². The highest BCUT2D eigenvalue weighted by molar-refractivity contribution is 5.80. The van der Waals surface area contributed by atoms with Crippen molar-refractivity contribution in [2.75, 3.05) is 6.61 Å². The molecule has 0 aromatic heterocycles. The predicted octanol–water partition coefficient (Wildman–Crippen LogP) is 1.88. The van der Waals surface area contributed by atoms with Crippen LogP contribution in [-0.4, -0.2) is 40.3 Å². The van der Waals surface area contributed by atoms with E-state index in [1.165, 1.54) is 17.9 Å². The minimum Gasteiger partial charge on any atom is -0.480 e. The second-order valence-corrected chi connectivity index (χ2v) is 4.42. The third kappa shape index (κ3) is 3.92. The molecule has 0 fully saturated rings. The number of carbonyl (C=O) groups is 2. The van der Waals surface area contributed by atoms with Gasteiger partial charge in [0.25, 0.3) is 0 Å². The lowest BCUT2D eigenvalue weighted by atomic mass is 10.0. The largest absolute Gasteiger partial charge is 0.480 e. The van der Waals surface area contributed by atoms with Gasteiger partial charge in [-0.2, -0.15) is 0 Å². The average molecular weight is 229 g/mol. The third-order valence-electron chi connectivity index (χ3n) is 1.99. The number of hydrogen-bond donors (Lipinski definition) is 1. The van der Waals surface area contributed by atoms with E-state index in [9.17, 15) is 9.59 Å². The summed E-state index contributed by atoms with van der Waals surface area (Å²) in [6, 6.07) is -0.933. The van der Waals surface area contributed by atoms with Gasteiger partial charge in [-0.1, -0.05) is 12.7 Å². The first kappa shape index (κ1) is 14.5. The Morgan fingerprint density at radius 3 is 2.31 bits per heavy atom. The molecule has 0 rings (SSSR count). The first-order chi connectivity index (χ1) is 7.21. The van der Waals surface area contributed by atoms with Gasteiger partial charge in [0.2, 0.25) is 0 Å². The molecule has 1 unspecified atom stereocenters. The Hall–Kier alpha value is -1.52. The highest BCUT2D eigenvalue weighted by atomic mass is 16.6. The fourth-order valence-corrected chi connectivity index (χ4v) is 1.32. The van der Waals surface area contributed by atoms with Gasteiger partial charge in [-0.3, -0.25) is 4.90 Å². The fraction of sp³-hybridized carbons (Fsp3) is 0.636. The number of carbonyl (C=O) groups excluding carboxylic acids is 1. The van der Waals surface area contributed by atoms with Crippen molar-refractivity contribution in [3.63, 3.8) is 0 Å². The molecule has 0 saturated heterocycles. The van der Waals surface area contributed by atoms with Gasteiger partial charge in [0, 0.05) is 5.54 Å². The maximum absolute atomic E-state index is 11.7. The second-order valence-electron chi connectivity index (χ2n) is 4.42. The molecule has 16 heavy (non-hydrogen) atoms. The van der Waals surface area contributed by atoms with Crippen LogP contribution in [0.5, 0.6) is 0 Å². The van der Waals surface area contributed by atoms with Crippen LogP contribution in [0.4, 0.5) is 4.79 Å². The van der Waals surface area contributed by atoms with E-state index in [1.807, 2.05) is 0 Å². The smallest absolute Gasteiger partial charge is 0.411 e. The molecule has 0 aromatic rings. The number of nitrogens with zero attached hydrogens (tertiary/aromatic N) is 1. The Bertz CT molecular complexity index is 280. The predicted molar refractivity (Wildman–Crippen MR) is 60.2 cm³/mol. The van der Waals surface area contributed by atoms with Crippen LogP contribution in [0.25, 0.3) is 0 Å². The van der Waals surface area contributed by atoms with Crippen molar-refractivity contribution < 1.29 is 19.4 Å². The quantitative estimate of drug-likeness (QED) is 0.747. The summed E-state index contributed by atoms with van der Waals surface area (Å²) in [5.41, 5.74) is -0.615. The van der Waals surface area contributed by atoms with Gasteiger partial charge >= 0.3 is 12.1 Å². The molecule has 0 aromatic carbocycles. The fourth-order valence-electron chi connectivity index (χ4n) is 1.32. The van der Waals surface area contributed by atoms with E-state index in [4.69, 9.17) is 9.84 Å². The molecule has 5 heteroatoms. The van der Waals surface area contributed by atoms with Crippen molar-refractivity contribution in [3.8, 4) is 0 Å². The summed E-state index contributed by atoms with van der Waals surface area (Å²) in [7, 11) is 0. The zero-order valence-corrected chi connectivity index (χ0v) is 10.2. The molecule has 0 saturated carbocycles. The van der Waals surface area contributed by atoms with Gasteiger partial charge in [0.1, 0.15) is 12.6 Å². The van der Waals surface area contributed by atoms with Crippen LogP contribution in [0.15, 0.2) is 12.7 Å². The normalized spacial score (nSPS) is 12.8. The number of carboxylic acids is 1. The molecular formula is C11H19NO4. The van der Waals surface area contributed by atoms with Crippen LogP contribution >= 0.6 is 0 Å². The molecule has 0 aliphatic rings. The molecule has 1 amide bonds. The van der Waals surface area contributed by atoms with Gasteiger partial charge in [-0.15, -0.1) is 0 Å². The van der Waals surface area contributed by atoms with E-state index in [-0.39, 0.29) is 6.61 Å². The Morgan fingerprint density at radius 1 is 1.50 bits per heavy atom. The van der Waals surface area contributed by atoms with Crippen molar-refractivity contribution in [1.29, 1.82) is 0 Å². The van der Waals surface area contributed by atoms with Gasteiger partial charge < -0.3 is 9.84 Å². The van der Waals surface area contributed by atoms with Crippen molar-refractivity contribution in [1.82, 2.24) is 4.90 Å². The van der Waals surface area contributed by atoms with Crippen molar-refractivity contribution in [3.05, 3.63) is 12.7 Å². The lowest BCUT2D eigenvalue weighted by molar-refractivity contribution is -0.143. The van der Waals surface area contributed by atoms with Crippen LogP contribution in [0.3, 0.4) is 0 Å². The Balaban J connectivity index is 4.88. The first-order valence-corrected chi connectivity index (χ1v) is 5.01. The van der Waals surface area contributed by atoms with Crippen LogP contribution in [0.2, 0.25) is 0 Å². The lowest BCUT2D eigenvalue weighted by Crippen LogP contribution is -2.53. The van der Waals surface area contributed by atoms with Crippen LogP contribution < -0.4 is 0 Å².